The van der Waals surface area contributed by atoms with Crippen molar-refractivity contribution in [3.05, 3.63) is 87.7 Å². The van der Waals surface area contributed by atoms with E-state index in [2.05, 4.69) is 4.98 Å². The molecule has 8 nitrogen and oxygen atoms in total. The van der Waals surface area contributed by atoms with Gasteiger partial charge in [-0.1, -0.05) is 29.8 Å². The van der Waals surface area contributed by atoms with E-state index in [0.29, 0.717) is 12.1 Å². The minimum atomic E-state index is -1.92. The maximum atomic E-state index is 13.3. The Kier molecular flexibility index (Phi) is 4.98. The number of benzene rings is 2. The van der Waals surface area contributed by atoms with Crippen LogP contribution in [0.1, 0.15) is 21.6 Å². The number of nitrogens with one attached hydrogen (secondary N) is 1. The summed E-state index contributed by atoms with van der Waals surface area (Å²) in [6.45, 7) is 0.230. The zero-order chi connectivity index (χ0) is 24.2. The summed E-state index contributed by atoms with van der Waals surface area (Å²) in [4.78, 5) is 43.9. The number of Topliss-reactive ketones (excluding diaryl/α,β-unsaturated/α-hetero) is 1. The molecule has 9 heteroatoms. The highest BCUT2D eigenvalue weighted by molar-refractivity contribution is 6.31. The Morgan fingerprint density at radius 2 is 1.94 bits per heavy atom. The monoisotopic (exact) mass is 478 g/mol. The van der Waals surface area contributed by atoms with Crippen LogP contribution in [0.15, 0.2) is 65.9 Å². The van der Waals surface area contributed by atoms with E-state index in [-0.39, 0.29) is 34.0 Å². The number of nitrogens with zero attached hydrogens (tertiary/aromatic N) is 1. The number of aromatic amines is 1. The second-order valence-electron chi connectivity index (χ2n) is 8.11. The number of fused-ring (bicyclic) bond motifs is 5. The fraction of sp³-hybridized carbons (Fsp3) is 0.160. The first-order valence-electron chi connectivity index (χ1n) is 10.4. The topological polar surface area (TPSA) is 120 Å². The Hall–Kier alpha value is -4.04. The number of ether oxygens (including phenoxy) is 1. The number of H-pyrrole nitrogens is 1. The van der Waals surface area contributed by atoms with Gasteiger partial charge in [0.1, 0.15) is 5.75 Å². The number of para-hydroxylation sites is 1. The fourth-order valence-corrected chi connectivity index (χ4v) is 5.03. The Morgan fingerprint density at radius 3 is 2.68 bits per heavy atom. The van der Waals surface area contributed by atoms with Crippen molar-refractivity contribution in [1.82, 2.24) is 9.88 Å². The molecule has 1 atom stereocenters. The number of carbonyl (C=O) groups is 3. The SMILES string of the molecule is COC(=O)C1=CC(C(=O)c2cc(Cl)ccc2O)=CN2CCc3c([nH]c4ccccc34)C12C(=O)O. The van der Waals surface area contributed by atoms with Crippen LogP contribution in [0, 0.1) is 0 Å². The smallest absolute Gasteiger partial charge is 0.340 e. The van der Waals surface area contributed by atoms with E-state index in [1.54, 1.807) is 0 Å². The predicted molar refractivity (Wildman–Crippen MR) is 124 cm³/mol. The van der Waals surface area contributed by atoms with E-state index in [9.17, 15) is 24.6 Å². The van der Waals surface area contributed by atoms with Gasteiger partial charge in [0, 0.05) is 34.2 Å². The van der Waals surface area contributed by atoms with Crippen molar-refractivity contribution in [1.29, 1.82) is 0 Å². The highest BCUT2D eigenvalue weighted by atomic mass is 35.5. The minimum absolute atomic E-state index is 0.0226. The Bertz CT molecular complexity index is 1450. The van der Waals surface area contributed by atoms with Gasteiger partial charge in [-0.25, -0.2) is 9.59 Å². The third-order valence-electron chi connectivity index (χ3n) is 6.37. The summed E-state index contributed by atoms with van der Waals surface area (Å²) >= 11 is 6.01. The summed E-state index contributed by atoms with van der Waals surface area (Å²) in [6, 6.07) is 11.5. The molecule has 3 heterocycles. The average Bonchev–Trinajstić information content (AvgIpc) is 3.22. The molecule has 3 aromatic rings. The number of phenols is 1. The van der Waals surface area contributed by atoms with E-state index in [1.807, 2.05) is 24.3 Å². The number of allylic oxidation sites excluding steroid dienone is 2. The van der Waals surface area contributed by atoms with Crippen LogP contribution in [0.3, 0.4) is 0 Å². The first-order chi connectivity index (χ1) is 16.3. The van der Waals surface area contributed by atoms with Crippen molar-refractivity contribution in [2.45, 2.75) is 12.0 Å². The maximum Gasteiger partial charge on any atom is 0.340 e. The molecule has 1 unspecified atom stereocenters. The van der Waals surface area contributed by atoms with Crippen LogP contribution in [-0.2, 0) is 26.3 Å². The van der Waals surface area contributed by atoms with Crippen LogP contribution in [-0.4, -0.2) is 51.5 Å². The largest absolute Gasteiger partial charge is 0.507 e. The van der Waals surface area contributed by atoms with E-state index in [1.165, 1.54) is 35.4 Å². The summed E-state index contributed by atoms with van der Waals surface area (Å²) < 4.78 is 4.96. The molecule has 172 valence electrons. The normalized spacial score (nSPS) is 19.1. The predicted octanol–water partition coefficient (Wildman–Crippen LogP) is 3.54. The lowest BCUT2D eigenvalue weighted by Crippen LogP contribution is -2.57. The Balaban J connectivity index is 1.75. The van der Waals surface area contributed by atoms with Crippen molar-refractivity contribution in [3.63, 3.8) is 0 Å². The molecule has 0 fully saturated rings. The number of carboxylic acids is 1. The molecular weight excluding hydrogens is 460 g/mol. The number of esters is 1. The number of carbonyl (C=O) groups excluding carboxylic acids is 2. The summed E-state index contributed by atoms with van der Waals surface area (Å²) in [7, 11) is 1.15. The third-order valence-corrected chi connectivity index (χ3v) is 6.61. The highest BCUT2D eigenvalue weighted by Crippen LogP contribution is 2.47. The number of carboxylic acid groups (broad SMARTS) is 1. The van der Waals surface area contributed by atoms with Gasteiger partial charge in [0.25, 0.3) is 0 Å². The average molecular weight is 479 g/mol. The Labute approximate surface area is 198 Å². The number of aliphatic carboxylic acids is 1. The first-order valence-corrected chi connectivity index (χ1v) is 10.8. The van der Waals surface area contributed by atoms with E-state index >= 15 is 0 Å². The van der Waals surface area contributed by atoms with Gasteiger partial charge in [0.05, 0.1) is 23.9 Å². The van der Waals surface area contributed by atoms with Gasteiger partial charge in [0.2, 0.25) is 5.54 Å². The van der Waals surface area contributed by atoms with Crippen LogP contribution in [0.25, 0.3) is 10.9 Å². The molecule has 2 aliphatic heterocycles. The van der Waals surface area contributed by atoms with Crippen molar-refractivity contribution in [2.75, 3.05) is 13.7 Å². The molecule has 0 amide bonds. The lowest BCUT2D eigenvalue weighted by molar-refractivity contribution is -0.153. The number of hydrogen-bond donors (Lipinski definition) is 3. The molecule has 0 aliphatic carbocycles. The van der Waals surface area contributed by atoms with E-state index in [0.717, 1.165) is 23.6 Å². The number of halogens is 1. The van der Waals surface area contributed by atoms with E-state index in [4.69, 9.17) is 16.3 Å². The molecule has 0 bridgehead atoms. The zero-order valence-corrected chi connectivity index (χ0v) is 18.7. The number of aromatic hydroxyl groups is 1. The van der Waals surface area contributed by atoms with Crippen molar-refractivity contribution in [3.8, 4) is 5.75 Å². The van der Waals surface area contributed by atoms with Gasteiger partial charge in [-0.3, -0.25) is 4.79 Å². The van der Waals surface area contributed by atoms with Gasteiger partial charge >= 0.3 is 11.9 Å². The molecule has 0 saturated carbocycles. The second-order valence-corrected chi connectivity index (χ2v) is 8.54. The fourth-order valence-electron chi connectivity index (χ4n) is 4.86. The molecule has 5 rings (SSSR count). The van der Waals surface area contributed by atoms with Gasteiger partial charge in [-0.05, 0) is 42.3 Å². The molecule has 0 saturated heterocycles. The number of methoxy groups -OCH3 is 1. The molecule has 3 N–H and O–H groups in total. The summed E-state index contributed by atoms with van der Waals surface area (Å²) in [5.41, 5.74) is -0.298. The third kappa shape index (κ3) is 2.95. The van der Waals surface area contributed by atoms with Crippen LogP contribution in [0.4, 0.5) is 0 Å². The van der Waals surface area contributed by atoms with E-state index < -0.39 is 23.3 Å². The van der Waals surface area contributed by atoms with Crippen molar-refractivity contribution in [2.24, 2.45) is 0 Å². The number of phenolic OH excluding ortho intramolecular Hbond substituents is 1. The molecule has 0 radical (unpaired) electrons. The first kappa shape index (κ1) is 21.8. The quantitative estimate of drug-likeness (QED) is 0.387. The van der Waals surface area contributed by atoms with Gasteiger partial charge in [0.15, 0.2) is 5.78 Å². The maximum absolute atomic E-state index is 13.3. The molecular formula is C25H19ClN2O6. The van der Waals surface area contributed by atoms with Crippen LogP contribution < -0.4 is 0 Å². The van der Waals surface area contributed by atoms with Crippen LogP contribution >= 0.6 is 11.6 Å². The number of hydrogen-bond acceptors (Lipinski definition) is 6. The lowest BCUT2D eigenvalue weighted by Gasteiger charge is -2.46. The summed E-state index contributed by atoms with van der Waals surface area (Å²) in [6.07, 6.45) is 3.13. The Morgan fingerprint density at radius 1 is 1.18 bits per heavy atom. The molecule has 34 heavy (non-hydrogen) atoms. The molecule has 2 aliphatic rings. The minimum Gasteiger partial charge on any atom is -0.507 e. The van der Waals surface area contributed by atoms with Crippen molar-refractivity contribution < 1.29 is 29.3 Å². The van der Waals surface area contributed by atoms with Crippen LogP contribution in [0.5, 0.6) is 5.75 Å². The highest BCUT2D eigenvalue weighted by Gasteiger charge is 2.57. The van der Waals surface area contributed by atoms with Crippen molar-refractivity contribution >= 4 is 40.2 Å². The summed E-state index contributed by atoms with van der Waals surface area (Å²) in [5, 5.41) is 21.9. The van der Waals surface area contributed by atoms with Crippen LogP contribution in [0.2, 0.25) is 5.02 Å². The summed E-state index contributed by atoms with van der Waals surface area (Å²) in [5.74, 6) is -3.06. The van der Waals surface area contributed by atoms with Gasteiger partial charge < -0.3 is 24.8 Å². The lowest BCUT2D eigenvalue weighted by atomic mass is 9.75. The van der Waals surface area contributed by atoms with Gasteiger partial charge in [-0.2, -0.15) is 0 Å². The number of aromatic nitrogens is 1. The molecule has 0 spiro atoms. The van der Waals surface area contributed by atoms with Gasteiger partial charge in [-0.15, -0.1) is 0 Å². The molecule has 2 aromatic carbocycles. The molecule has 1 aromatic heterocycles. The number of ketones is 1. The second kappa shape index (κ2) is 7.78. The number of rotatable bonds is 4. The standard InChI is InChI=1S/C25H19ClN2O6/c1-34-23(31)18-10-13(21(30)17-11-14(26)6-7-20(17)29)12-28-9-8-16-15-4-2-3-5-19(15)27-22(16)25(18,28)24(32)33/h2-7,10-12,27,29H,8-9H2,1H3,(H,32,33). The zero-order valence-electron chi connectivity index (χ0n) is 18.0.